The first-order valence-corrected chi connectivity index (χ1v) is 6.31. The van der Waals surface area contributed by atoms with E-state index in [1.54, 1.807) is 0 Å². The Kier molecular flexibility index (Phi) is 4.20. The molecule has 4 nitrogen and oxygen atoms in total. The molecule has 1 aromatic rings. The number of carbonyl (C=O) groups excluding carboxylic acids is 1. The van der Waals surface area contributed by atoms with Gasteiger partial charge in [0.2, 0.25) is 0 Å². The Morgan fingerprint density at radius 3 is 2.67 bits per heavy atom. The normalized spacial score (nSPS) is 16.7. The predicted molar refractivity (Wildman–Crippen MR) is 70.8 cm³/mol. The van der Waals surface area contributed by atoms with Crippen LogP contribution >= 0.6 is 0 Å². The Balaban J connectivity index is 1.81. The molecule has 98 valence electrons. The van der Waals surface area contributed by atoms with Crippen LogP contribution in [0.5, 0.6) is 5.75 Å². The molecule has 1 amide bonds. The van der Waals surface area contributed by atoms with E-state index in [2.05, 4.69) is 11.9 Å². The fraction of sp³-hybridized carbons (Fsp3) is 0.500. The van der Waals surface area contributed by atoms with Gasteiger partial charge < -0.3 is 14.5 Å². The first-order valence-electron chi connectivity index (χ1n) is 6.31. The second-order valence-corrected chi connectivity index (χ2v) is 4.79. The maximum Gasteiger partial charge on any atom is 0.260 e. The van der Waals surface area contributed by atoms with Gasteiger partial charge >= 0.3 is 0 Å². The molecule has 1 saturated heterocycles. The summed E-state index contributed by atoms with van der Waals surface area (Å²) in [7, 11) is 2.07. The van der Waals surface area contributed by atoms with Gasteiger partial charge in [-0.15, -0.1) is 0 Å². The van der Waals surface area contributed by atoms with Crippen molar-refractivity contribution >= 4 is 5.91 Å². The van der Waals surface area contributed by atoms with Crippen LogP contribution in [0.1, 0.15) is 5.56 Å². The molecule has 0 aliphatic carbocycles. The SMILES string of the molecule is Cc1cccc(OCC(=O)N2CCN(C)CC2)c1. The summed E-state index contributed by atoms with van der Waals surface area (Å²) in [6.45, 7) is 5.62. The lowest BCUT2D eigenvalue weighted by Gasteiger charge is -2.32. The van der Waals surface area contributed by atoms with Crippen LogP contribution in [0.4, 0.5) is 0 Å². The van der Waals surface area contributed by atoms with Gasteiger partial charge in [-0.25, -0.2) is 0 Å². The van der Waals surface area contributed by atoms with Crippen molar-refractivity contribution in [2.75, 3.05) is 39.8 Å². The minimum Gasteiger partial charge on any atom is -0.484 e. The number of hydrogen-bond acceptors (Lipinski definition) is 3. The highest BCUT2D eigenvalue weighted by molar-refractivity contribution is 5.77. The minimum absolute atomic E-state index is 0.0737. The second-order valence-electron chi connectivity index (χ2n) is 4.79. The van der Waals surface area contributed by atoms with Crippen molar-refractivity contribution in [1.29, 1.82) is 0 Å². The average molecular weight is 248 g/mol. The first-order chi connectivity index (χ1) is 8.65. The van der Waals surface area contributed by atoms with E-state index in [0.29, 0.717) is 0 Å². The summed E-state index contributed by atoms with van der Waals surface area (Å²) < 4.78 is 5.52. The Hall–Kier alpha value is -1.55. The lowest BCUT2D eigenvalue weighted by atomic mass is 10.2. The zero-order chi connectivity index (χ0) is 13.0. The maximum atomic E-state index is 11.9. The van der Waals surface area contributed by atoms with Gasteiger partial charge in [0.1, 0.15) is 5.75 Å². The molecule has 1 heterocycles. The van der Waals surface area contributed by atoms with Crippen molar-refractivity contribution in [3.8, 4) is 5.75 Å². The molecule has 0 unspecified atom stereocenters. The van der Waals surface area contributed by atoms with Gasteiger partial charge in [0.25, 0.3) is 5.91 Å². The van der Waals surface area contributed by atoms with Crippen LogP contribution in [-0.2, 0) is 4.79 Å². The molecule has 0 saturated carbocycles. The Bertz CT molecular complexity index is 412. The predicted octanol–water partition coefficient (Wildman–Crippen LogP) is 1.15. The number of carbonyl (C=O) groups is 1. The second kappa shape index (κ2) is 5.87. The molecule has 1 aliphatic heterocycles. The number of benzene rings is 1. The van der Waals surface area contributed by atoms with Gasteiger partial charge in [0, 0.05) is 26.2 Å². The summed E-state index contributed by atoms with van der Waals surface area (Å²) in [6, 6.07) is 7.77. The summed E-state index contributed by atoms with van der Waals surface area (Å²) in [6.07, 6.45) is 0. The molecule has 0 bridgehead atoms. The molecule has 1 aromatic carbocycles. The fourth-order valence-corrected chi connectivity index (χ4v) is 2.00. The molecule has 0 radical (unpaired) electrons. The van der Waals surface area contributed by atoms with E-state index in [-0.39, 0.29) is 12.5 Å². The lowest BCUT2D eigenvalue weighted by Crippen LogP contribution is -2.48. The third-order valence-corrected chi connectivity index (χ3v) is 3.21. The molecule has 1 aliphatic rings. The van der Waals surface area contributed by atoms with Crippen LogP contribution in [0.3, 0.4) is 0 Å². The highest BCUT2D eigenvalue weighted by atomic mass is 16.5. The van der Waals surface area contributed by atoms with E-state index >= 15 is 0 Å². The molecule has 2 rings (SSSR count). The third kappa shape index (κ3) is 3.47. The quantitative estimate of drug-likeness (QED) is 0.804. The van der Waals surface area contributed by atoms with Crippen LogP contribution in [0.15, 0.2) is 24.3 Å². The standard InChI is InChI=1S/C14H20N2O2/c1-12-4-3-5-13(10-12)18-11-14(17)16-8-6-15(2)7-9-16/h3-5,10H,6-9,11H2,1-2H3. The Morgan fingerprint density at radius 1 is 1.28 bits per heavy atom. The van der Waals surface area contributed by atoms with Crippen molar-refractivity contribution in [1.82, 2.24) is 9.80 Å². The summed E-state index contributed by atoms with van der Waals surface area (Å²) >= 11 is 0. The van der Waals surface area contributed by atoms with Gasteiger partial charge in [-0.2, -0.15) is 0 Å². The van der Waals surface area contributed by atoms with Crippen molar-refractivity contribution < 1.29 is 9.53 Å². The number of piperazine rings is 1. The summed E-state index contributed by atoms with van der Waals surface area (Å²) in [5.41, 5.74) is 1.14. The molecule has 0 N–H and O–H groups in total. The number of aryl methyl sites for hydroxylation is 1. The van der Waals surface area contributed by atoms with E-state index in [1.165, 1.54) is 0 Å². The van der Waals surface area contributed by atoms with E-state index < -0.39 is 0 Å². The number of rotatable bonds is 3. The summed E-state index contributed by atoms with van der Waals surface area (Å²) in [5.74, 6) is 0.835. The number of likely N-dealkylation sites (N-methyl/N-ethyl adjacent to an activating group) is 1. The highest BCUT2D eigenvalue weighted by Gasteiger charge is 2.19. The molecular formula is C14H20N2O2. The van der Waals surface area contributed by atoms with Crippen LogP contribution in [0.25, 0.3) is 0 Å². The van der Waals surface area contributed by atoms with Gasteiger partial charge in [0.15, 0.2) is 6.61 Å². The first kappa shape index (κ1) is 12.9. The Labute approximate surface area is 108 Å². The van der Waals surface area contributed by atoms with Crippen LogP contribution in [0, 0.1) is 6.92 Å². The van der Waals surface area contributed by atoms with Crippen LogP contribution < -0.4 is 4.74 Å². The fourth-order valence-electron chi connectivity index (χ4n) is 2.00. The zero-order valence-corrected chi connectivity index (χ0v) is 11.1. The molecule has 4 heteroatoms. The van der Waals surface area contributed by atoms with Gasteiger partial charge in [-0.1, -0.05) is 12.1 Å². The molecule has 0 aromatic heterocycles. The Morgan fingerprint density at radius 2 is 2.00 bits per heavy atom. The van der Waals surface area contributed by atoms with Gasteiger partial charge in [-0.05, 0) is 31.7 Å². The number of nitrogens with zero attached hydrogens (tertiary/aromatic N) is 2. The highest BCUT2D eigenvalue weighted by Crippen LogP contribution is 2.12. The van der Waals surface area contributed by atoms with E-state index in [4.69, 9.17) is 4.74 Å². The monoisotopic (exact) mass is 248 g/mol. The van der Waals surface area contributed by atoms with E-state index in [1.807, 2.05) is 36.1 Å². The van der Waals surface area contributed by atoms with E-state index in [0.717, 1.165) is 37.5 Å². The third-order valence-electron chi connectivity index (χ3n) is 3.21. The molecule has 18 heavy (non-hydrogen) atoms. The molecule has 0 atom stereocenters. The van der Waals surface area contributed by atoms with Gasteiger partial charge in [0.05, 0.1) is 0 Å². The minimum atomic E-state index is 0.0737. The van der Waals surface area contributed by atoms with E-state index in [9.17, 15) is 4.79 Å². The van der Waals surface area contributed by atoms with Crippen LogP contribution in [0.2, 0.25) is 0 Å². The average Bonchev–Trinajstić information content (AvgIpc) is 2.37. The largest absolute Gasteiger partial charge is 0.484 e. The smallest absolute Gasteiger partial charge is 0.260 e. The zero-order valence-electron chi connectivity index (χ0n) is 11.1. The molecular weight excluding hydrogens is 228 g/mol. The van der Waals surface area contributed by atoms with Crippen molar-refractivity contribution in [2.45, 2.75) is 6.92 Å². The van der Waals surface area contributed by atoms with Crippen molar-refractivity contribution in [3.63, 3.8) is 0 Å². The van der Waals surface area contributed by atoms with Crippen molar-refractivity contribution in [3.05, 3.63) is 29.8 Å². The molecule has 1 fully saturated rings. The van der Waals surface area contributed by atoms with Crippen molar-refractivity contribution in [2.24, 2.45) is 0 Å². The van der Waals surface area contributed by atoms with Gasteiger partial charge in [-0.3, -0.25) is 4.79 Å². The maximum absolute atomic E-state index is 11.9. The lowest BCUT2D eigenvalue weighted by molar-refractivity contribution is -0.134. The van der Waals surface area contributed by atoms with Crippen LogP contribution in [-0.4, -0.2) is 55.5 Å². The number of hydrogen-bond donors (Lipinski definition) is 0. The topological polar surface area (TPSA) is 32.8 Å². The molecule has 0 spiro atoms. The number of ether oxygens (including phenoxy) is 1. The number of amides is 1. The summed E-state index contributed by atoms with van der Waals surface area (Å²) in [5, 5.41) is 0. The summed E-state index contributed by atoms with van der Waals surface area (Å²) in [4.78, 5) is 16.0.